The summed E-state index contributed by atoms with van der Waals surface area (Å²) in [6.45, 7) is 3.35. The monoisotopic (exact) mass is 263 g/mol. The molecule has 1 fully saturated rings. The summed E-state index contributed by atoms with van der Waals surface area (Å²) in [5, 5.41) is 3.24. The molecule has 0 saturated carbocycles. The van der Waals surface area contributed by atoms with Crippen LogP contribution in [-0.2, 0) is 0 Å². The zero-order valence-electron chi connectivity index (χ0n) is 12.3. The summed E-state index contributed by atoms with van der Waals surface area (Å²) in [5.41, 5.74) is 0. The van der Waals surface area contributed by atoms with Gasteiger partial charge in [0.25, 0.3) is 0 Å². The quantitative estimate of drug-likeness (QED) is 0.869. The maximum absolute atomic E-state index is 4.41. The van der Waals surface area contributed by atoms with Crippen LogP contribution in [0.5, 0.6) is 0 Å². The van der Waals surface area contributed by atoms with Crippen LogP contribution in [0.4, 0.5) is 11.6 Å². The van der Waals surface area contributed by atoms with E-state index in [4.69, 9.17) is 0 Å². The van der Waals surface area contributed by atoms with Gasteiger partial charge in [0.1, 0.15) is 18.0 Å². The molecule has 0 atom stereocenters. The van der Waals surface area contributed by atoms with Crippen molar-refractivity contribution in [2.45, 2.75) is 19.3 Å². The predicted octanol–water partition coefficient (Wildman–Crippen LogP) is 1.37. The molecule has 1 aromatic heterocycles. The molecule has 2 rings (SSSR count). The van der Waals surface area contributed by atoms with Crippen molar-refractivity contribution in [3.63, 3.8) is 0 Å². The average molecular weight is 263 g/mol. The first kappa shape index (κ1) is 14.1. The van der Waals surface area contributed by atoms with Gasteiger partial charge in [0.2, 0.25) is 0 Å². The Bertz CT molecular complexity index is 385. The number of hydrogen-bond donors (Lipinski definition) is 1. The van der Waals surface area contributed by atoms with E-state index in [1.807, 2.05) is 26.0 Å². The summed E-state index contributed by atoms with van der Waals surface area (Å²) in [4.78, 5) is 13.1. The molecule has 0 amide bonds. The lowest BCUT2D eigenvalue weighted by atomic mass is 9.93. The van der Waals surface area contributed by atoms with E-state index in [1.54, 1.807) is 6.33 Å². The molecule has 19 heavy (non-hydrogen) atoms. The lowest BCUT2D eigenvalue weighted by Crippen LogP contribution is -2.35. The highest BCUT2D eigenvalue weighted by Gasteiger charge is 2.20. The summed E-state index contributed by atoms with van der Waals surface area (Å²) < 4.78 is 0. The van der Waals surface area contributed by atoms with E-state index in [9.17, 15) is 0 Å². The second-order valence-electron chi connectivity index (χ2n) is 5.45. The van der Waals surface area contributed by atoms with Crippen LogP contribution in [0.3, 0.4) is 0 Å². The number of rotatable bonds is 5. The highest BCUT2D eigenvalue weighted by molar-refractivity contribution is 5.49. The molecule has 1 aliphatic rings. The van der Waals surface area contributed by atoms with Crippen LogP contribution in [0.2, 0.25) is 0 Å². The summed E-state index contributed by atoms with van der Waals surface area (Å²) in [6.07, 6.45) is 5.49. The third-order valence-corrected chi connectivity index (χ3v) is 3.84. The Morgan fingerprint density at radius 2 is 2.05 bits per heavy atom. The third kappa shape index (κ3) is 3.80. The molecular weight excluding hydrogens is 238 g/mol. The molecule has 1 N–H and O–H groups in total. The molecule has 0 unspecified atom stereocenters. The molecule has 0 aromatic carbocycles. The van der Waals surface area contributed by atoms with Crippen molar-refractivity contribution in [3.05, 3.63) is 12.4 Å². The van der Waals surface area contributed by atoms with Gasteiger partial charge in [-0.1, -0.05) is 0 Å². The fraction of sp³-hybridized carbons (Fsp3) is 0.714. The van der Waals surface area contributed by atoms with Crippen molar-refractivity contribution < 1.29 is 0 Å². The van der Waals surface area contributed by atoms with Gasteiger partial charge >= 0.3 is 0 Å². The number of aromatic nitrogens is 2. The van der Waals surface area contributed by atoms with E-state index in [2.05, 4.69) is 26.3 Å². The van der Waals surface area contributed by atoms with Gasteiger partial charge in [0, 0.05) is 33.3 Å². The predicted molar refractivity (Wildman–Crippen MR) is 79.8 cm³/mol. The topological polar surface area (TPSA) is 44.3 Å². The molecule has 1 aliphatic heterocycles. The van der Waals surface area contributed by atoms with Gasteiger partial charge < -0.3 is 15.1 Å². The van der Waals surface area contributed by atoms with Crippen molar-refractivity contribution >= 4 is 11.6 Å². The molecule has 0 radical (unpaired) electrons. The highest BCUT2D eigenvalue weighted by atomic mass is 15.2. The minimum Gasteiger partial charge on any atom is -0.363 e. The number of nitrogens with one attached hydrogen (secondary N) is 1. The van der Waals surface area contributed by atoms with Crippen molar-refractivity contribution in [2.24, 2.45) is 5.92 Å². The largest absolute Gasteiger partial charge is 0.363 e. The zero-order valence-corrected chi connectivity index (χ0v) is 12.3. The van der Waals surface area contributed by atoms with Gasteiger partial charge in [-0.3, -0.25) is 0 Å². The fourth-order valence-corrected chi connectivity index (χ4v) is 2.55. The number of piperidine rings is 1. The summed E-state index contributed by atoms with van der Waals surface area (Å²) >= 11 is 0. The molecule has 1 aromatic rings. The zero-order chi connectivity index (χ0) is 13.7. The summed E-state index contributed by atoms with van der Waals surface area (Å²) in [5.74, 6) is 2.90. The Labute approximate surface area is 116 Å². The second-order valence-corrected chi connectivity index (χ2v) is 5.45. The Morgan fingerprint density at radius 1 is 1.32 bits per heavy atom. The second kappa shape index (κ2) is 6.70. The van der Waals surface area contributed by atoms with Gasteiger partial charge in [0.15, 0.2) is 0 Å². The van der Waals surface area contributed by atoms with Crippen LogP contribution in [-0.4, -0.2) is 50.7 Å². The number of anilines is 2. The Hall–Kier alpha value is -1.36. The number of nitrogens with zero attached hydrogens (tertiary/aromatic N) is 4. The first-order chi connectivity index (χ1) is 9.20. The third-order valence-electron chi connectivity index (χ3n) is 3.84. The normalized spacial score (nSPS) is 16.7. The molecule has 2 heterocycles. The van der Waals surface area contributed by atoms with Gasteiger partial charge in [-0.15, -0.1) is 0 Å². The molecule has 5 heteroatoms. The van der Waals surface area contributed by atoms with Crippen LogP contribution in [0.15, 0.2) is 12.4 Å². The van der Waals surface area contributed by atoms with Gasteiger partial charge in [-0.25, -0.2) is 9.97 Å². The fourth-order valence-electron chi connectivity index (χ4n) is 2.55. The lowest BCUT2D eigenvalue weighted by molar-refractivity contribution is 0.377. The molecule has 0 bridgehead atoms. The van der Waals surface area contributed by atoms with Gasteiger partial charge in [-0.05, 0) is 38.8 Å². The summed E-state index contributed by atoms with van der Waals surface area (Å²) in [6, 6.07) is 2.08. The van der Waals surface area contributed by atoms with Crippen LogP contribution in [0, 0.1) is 5.92 Å². The Balaban J connectivity index is 1.92. The van der Waals surface area contributed by atoms with Crippen LogP contribution < -0.4 is 15.1 Å². The maximum Gasteiger partial charge on any atom is 0.134 e. The smallest absolute Gasteiger partial charge is 0.134 e. The first-order valence-electron chi connectivity index (χ1n) is 7.09. The van der Waals surface area contributed by atoms with Crippen LogP contribution in [0.1, 0.15) is 19.3 Å². The molecule has 0 spiro atoms. The van der Waals surface area contributed by atoms with Crippen molar-refractivity contribution in [2.75, 3.05) is 50.6 Å². The van der Waals surface area contributed by atoms with E-state index < -0.39 is 0 Å². The van der Waals surface area contributed by atoms with E-state index in [0.29, 0.717) is 0 Å². The van der Waals surface area contributed by atoms with E-state index in [1.165, 1.54) is 19.3 Å². The molecule has 106 valence electrons. The minimum absolute atomic E-state index is 0.860. The van der Waals surface area contributed by atoms with Crippen LogP contribution in [0.25, 0.3) is 0 Å². The average Bonchev–Trinajstić information content (AvgIpc) is 2.46. The maximum atomic E-state index is 4.41. The van der Waals surface area contributed by atoms with Gasteiger partial charge in [0.05, 0.1) is 0 Å². The van der Waals surface area contributed by atoms with Crippen molar-refractivity contribution in [1.29, 1.82) is 0 Å². The Morgan fingerprint density at radius 3 is 2.68 bits per heavy atom. The van der Waals surface area contributed by atoms with Gasteiger partial charge in [-0.2, -0.15) is 0 Å². The highest BCUT2D eigenvalue weighted by Crippen LogP contribution is 2.24. The van der Waals surface area contributed by atoms with E-state index in [-0.39, 0.29) is 0 Å². The van der Waals surface area contributed by atoms with E-state index >= 15 is 0 Å². The SMILES string of the molecule is CNCCC1CCN(c2cc(N(C)C)ncn2)CC1. The van der Waals surface area contributed by atoms with Crippen LogP contribution >= 0.6 is 0 Å². The number of hydrogen-bond acceptors (Lipinski definition) is 5. The minimum atomic E-state index is 0.860. The Kier molecular flexibility index (Phi) is 4.96. The summed E-state index contributed by atoms with van der Waals surface area (Å²) in [7, 11) is 6.05. The van der Waals surface area contributed by atoms with E-state index in [0.717, 1.165) is 37.2 Å². The molecular formula is C14H25N5. The molecule has 0 aliphatic carbocycles. The van der Waals surface area contributed by atoms with Crippen molar-refractivity contribution in [1.82, 2.24) is 15.3 Å². The molecule has 1 saturated heterocycles. The standard InChI is InChI=1S/C14H25N5/c1-15-7-4-12-5-8-19(9-6-12)14-10-13(18(2)3)16-11-17-14/h10-12,15H,4-9H2,1-3H3. The first-order valence-corrected chi connectivity index (χ1v) is 7.09. The van der Waals surface area contributed by atoms with Crippen molar-refractivity contribution in [3.8, 4) is 0 Å². The molecule has 5 nitrogen and oxygen atoms in total. The lowest BCUT2D eigenvalue weighted by Gasteiger charge is -2.33.